The summed E-state index contributed by atoms with van der Waals surface area (Å²) >= 11 is 0. The molecule has 0 unspecified atom stereocenters. The number of primary amides is 1. The largest absolute Gasteiger partial charge is 0.368 e. The molecule has 2 rings (SSSR count). The highest BCUT2D eigenvalue weighted by Gasteiger charge is 2.14. The van der Waals surface area contributed by atoms with Crippen molar-refractivity contribution in [1.29, 1.82) is 0 Å². The van der Waals surface area contributed by atoms with Crippen molar-refractivity contribution in [3.63, 3.8) is 0 Å². The Hall–Kier alpha value is -2.54. The summed E-state index contributed by atoms with van der Waals surface area (Å²) < 4.78 is 13.7. The molecule has 0 aliphatic heterocycles. The highest BCUT2D eigenvalue weighted by atomic mass is 19.1. The number of hydrogen-bond donors (Lipinski definition) is 2. The van der Waals surface area contributed by atoms with Gasteiger partial charge < -0.3 is 16.0 Å². The van der Waals surface area contributed by atoms with E-state index in [0.717, 1.165) is 13.0 Å². The van der Waals surface area contributed by atoms with Crippen LogP contribution in [0.5, 0.6) is 0 Å². The van der Waals surface area contributed by atoms with Gasteiger partial charge in [-0.15, -0.1) is 0 Å². The first-order chi connectivity index (χ1) is 11.4. The number of carbonyl (C=O) groups excluding carboxylic acids is 1. The van der Waals surface area contributed by atoms with E-state index >= 15 is 0 Å². The molecule has 0 atom stereocenters. The zero-order chi connectivity index (χ0) is 17.7. The molecule has 24 heavy (non-hydrogen) atoms. The van der Waals surface area contributed by atoms with Gasteiger partial charge in [0.25, 0.3) is 5.91 Å². The van der Waals surface area contributed by atoms with Crippen LogP contribution in [0.1, 0.15) is 22.5 Å². The fourth-order valence-corrected chi connectivity index (χ4v) is 2.18. The number of amides is 1. The molecule has 0 bridgehead atoms. The van der Waals surface area contributed by atoms with Crippen LogP contribution in [0, 0.1) is 12.7 Å². The monoisotopic (exact) mass is 331 g/mol. The molecule has 0 saturated heterocycles. The normalized spacial score (nSPS) is 10.9. The fraction of sp³-hybridized carbons (Fsp3) is 0.353. The number of nitrogens with two attached hydrogens (primary N) is 1. The van der Waals surface area contributed by atoms with Gasteiger partial charge in [0.15, 0.2) is 11.5 Å². The van der Waals surface area contributed by atoms with Gasteiger partial charge in [-0.25, -0.2) is 14.4 Å². The zero-order valence-corrected chi connectivity index (χ0v) is 14.1. The summed E-state index contributed by atoms with van der Waals surface area (Å²) in [7, 11) is 3.98. The fourth-order valence-electron chi connectivity index (χ4n) is 2.18. The molecule has 128 valence electrons. The van der Waals surface area contributed by atoms with E-state index in [0.29, 0.717) is 29.2 Å². The molecule has 0 aliphatic carbocycles. The minimum absolute atomic E-state index is 0.0540. The Balaban J connectivity index is 2.22. The number of benzene rings is 1. The van der Waals surface area contributed by atoms with Gasteiger partial charge in [-0.2, -0.15) is 0 Å². The maximum absolute atomic E-state index is 13.7. The number of nitrogens with one attached hydrogen (secondary N) is 1. The number of halogens is 1. The molecule has 3 N–H and O–H groups in total. The Labute approximate surface area is 140 Å². The summed E-state index contributed by atoms with van der Waals surface area (Å²) in [5.41, 5.74) is 6.95. The van der Waals surface area contributed by atoms with Crippen molar-refractivity contribution in [3.05, 3.63) is 41.5 Å². The van der Waals surface area contributed by atoms with Crippen LogP contribution in [-0.4, -0.2) is 48.0 Å². The molecule has 0 aliphatic rings. The van der Waals surface area contributed by atoms with Crippen LogP contribution in [0.3, 0.4) is 0 Å². The Kier molecular flexibility index (Phi) is 5.81. The SMILES string of the molecule is Cc1ccc(-c2cnc(NCCCN(C)C)c(C(N)=O)n2)cc1F. The lowest BCUT2D eigenvalue weighted by Crippen LogP contribution is -2.20. The van der Waals surface area contributed by atoms with Crippen molar-refractivity contribution in [1.82, 2.24) is 14.9 Å². The van der Waals surface area contributed by atoms with Crippen LogP contribution in [0.25, 0.3) is 11.3 Å². The molecule has 6 nitrogen and oxygen atoms in total. The first-order valence-corrected chi connectivity index (χ1v) is 7.70. The number of aryl methyl sites for hydroxylation is 1. The van der Waals surface area contributed by atoms with Crippen LogP contribution >= 0.6 is 0 Å². The van der Waals surface area contributed by atoms with Crippen molar-refractivity contribution in [2.75, 3.05) is 32.5 Å². The second-order valence-corrected chi connectivity index (χ2v) is 5.86. The Morgan fingerprint density at radius 3 is 2.75 bits per heavy atom. The molecule has 1 heterocycles. The van der Waals surface area contributed by atoms with Crippen LogP contribution in [-0.2, 0) is 0 Å². The molecule has 0 saturated carbocycles. The van der Waals surface area contributed by atoms with Gasteiger partial charge in [-0.05, 0) is 45.6 Å². The van der Waals surface area contributed by atoms with E-state index in [4.69, 9.17) is 5.73 Å². The van der Waals surface area contributed by atoms with Crippen LogP contribution in [0.2, 0.25) is 0 Å². The number of carbonyl (C=O) groups is 1. The van der Waals surface area contributed by atoms with Crippen molar-refractivity contribution < 1.29 is 9.18 Å². The predicted molar refractivity (Wildman–Crippen MR) is 92.3 cm³/mol. The molecule has 1 aromatic carbocycles. The second kappa shape index (κ2) is 7.83. The summed E-state index contributed by atoms with van der Waals surface area (Å²) in [6, 6.07) is 4.76. The summed E-state index contributed by atoms with van der Waals surface area (Å²) in [6.07, 6.45) is 2.39. The molecule has 2 aromatic rings. The number of hydrogen-bond acceptors (Lipinski definition) is 5. The molecular formula is C17H22FN5O. The minimum Gasteiger partial charge on any atom is -0.368 e. The standard InChI is InChI=1S/C17H22FN5O/c1-11-5-6-12(9-13(11)18)14-10-21-17(15(22-14)16(19)24)20-7-4-8-23(2)3/h5-6,9-10H,4,7-8H2,1-3H3,(H2,19,24)(H,20,21). The maximum Gasteiger partial charge on any atom is 0.271 e. The third kappa shape index (κ3) is 4.48. The van der Waals surface area contributed by atoms with E-state index in [-0.39, 0.29) is 11.5 Å². The van der Waals surface area contributed by atoms with Crippen LogP contribution in [0.4, 0.5) is 10.2 Å². The Bertz CT molecular complexity index is 733. The van der Waals surface area contributed by atoms with Gasteiger partial charge in [0, 0.05) is 12.1 Å². The smallest absolute Gasteiger partial charge is 0.271 e. The van der Waals surface area contributed by atoms with E-state index < -0.39 is 5.91 Å². The van der Waals surface area contributed by atoms with Crippen molar-refractivity contribution in [3.8, 4) is 11.3 Å². The van der Waals surface area contributed by atoms with Gasteiger partial charge in [0.2, 0.25) is 0 Å². The van der Waals surface area contributed by atoms with Crippen LogP contribution < -0.4 is 11.1 Å². The quantitative estimate of drug-likeness (QED) is 0.759. The first kappa shape index (κ1) is 17.8. The third-order valence-electron chi connectivity index (χ3n) is 3.55. The number of anilines is 1. The maximum atomic E-state index is 13.7. The lowest BCUT2D eigenvalue weighted by atomic mass is 10.1. The summed E-state index contributed by atoms with van der Waals surface area (Å²) in [5.74, 6) is -0.662. The van der Waals surface area contributed by atoms with Crippen molar-refractivity contribution in [2.24, 2.45) is 5.73 Å². The Morgan fingerprint density at radius 2 is 2.12 bits per heavy atom. The van der Waals surface area contributed by atoms with Gasteiger partial charge >= 0.3 is 0 Å². The van der Waals surface area contributed by atoms with Gasteiger partial charge in [-0.3, -0.25) is 4.79 Å². The lowest BCUT2D eigenvalue weighted by Gasteiger charge is -2.12. The van der Waals surface area contributed by atoms with E-state index in [1.165, 1.54) is 12.3 Å². The summed E-state index contributed by atoms with van der Waals surface area (Å²) in [5, 5.41) is 3.07. The average Bonchev–Trinajstić information content (AvgIpc) is 2.54. The van der Waals surface area contributed by atoms with Gasteiger partial charge in [0.1, 0.15) is 5.82 Å². The number of rotatable bonds is 7. The predicted octanol–water partition coefficient (Wildman–Crippen LogP) is 2.05. The highest BCUT2D eigenvalue weighted by Crippen LogP contribution is 2.21. The average molecular weight is 331 g/mol. The van der Waals surface area contributed by atoms with E-state index in [2.05, 4.69) is 20.2 Å². The topological polar surface area (TPSA) is 84.1 Å². The van der Waals surface area contributed by atoms with E-state index in [1.807, 2.05) is 14.1 Å². The molecule has 0 radical (unpaired) electrons. The molecule has 0 spiro atoms. The molecule has 1 amide bonds. The number of nitrogens with zero attached hydrogens (tertiary/aromatic N) is 3. The molecule has 7 heteroatoms. The molecule has 1 aromatic heterocycles. The lowest BCUT2D eigenvalue weighted by molar-refractivity contribution is 0.0996. The Morgan fingerprint density at radius 1 is 1.38 bits per heavy atom. The van der Waals surface area contributed by atoms with E-state index in [9.17, 15) is 9.18 Å². The highest BCUT2D eigenvalue weighted by molar-refractivity contribution is 5.96. The summed E-state index contributed by atoms with van der Waals surface area (Å²) in [4.78, 5) is 22.2. The number of aromatic nitrogens is 2. The first-order valence-electron chi connectivity index (χ1n) is 7.70. The zero-order valence-electron chi connectivity index (χ0n) is 14.1. The molecular weight excluding hydrogens is 309 g/mol. The van der Waals surface area contributed by atoms with E-state index in [1.54, 1.807) is 19.1 Å². The summed E-state index contributed by atoms with van der Waals surface area (Å²) in [6.45, 7) is 3.24. The van der Waals surface area contributed by atoms with Gasteiger partial charge in [-0.1, -0.05) is 12.1 Å². The van der Waals surface area contributed by atoms with Gasteiger partial charge in [0.05, 0.1) is 11.9 Å². The molecule has 0 fully saturated rings. The van der Waals surface area contributed by atoms with Crippen LogP contribution in [0.15, 0.2) is 24.4 Å². The van der Waals surface area contributed by atoms with Crippen molar-refractivity contribution >= 4 is 11.7 Å². The third-order valence-corrected chi connectivity index (χ3v) is 3.55. The minimum atomic E-state index is -0.674. The second-order valence-electron chi connectivity index (χ2n) is 5.86. The van der Waals surface area contributed by atoms with Crippen molar-refractivity contribution in [2.45, 2.75) is 13.3 Å².